The molecular formula is C15H20N2O4. The Morgan fingerprint density at radius 1 is 1.33 bits per heavy atom. The maximum atomic E-state index is 12.0. The molecule has 0 radical (unpaired) electrons. The minimum Gasteiger partial charge on any atom is -0.493 e. The number of likely N-dealkylation sites (tertiary alicyclic amines) is 1. The first-order chi connectivity index (χ1) is 10.1. The third-order valence-electron chi connectivity index (χ3n) is 3.54. The van der Waals surface area contributed by atoms with Crippen LogP contribution in [0.2, 0.25) is 0 Å². The van der Waals surface area contributed by atoms with E-state index in [9.17, 15) is 9.59 Å². The smallest absolute Gasteiger partial charge is 0.310 e. The number of carbonyl (C=O) groups is 2. The Kier molecular flexibility index (Phi) is 5.03. The molecule has 0 aromatic heterocycles. The summed E-state index contributed by atoms with van der Waals surface area (Å²) in [6, 6.07) is 7.03. The van der Waals surface area contributed by atoms with Crippen LogP contribution in [0.4, 0.5) is 5.69 Å². The van der Waals surface area contributed by atoms with Gasteiger partial charge in [0.2, 0.25) is 5.91 Å². The lowest BCUT2D eigenvalue weighted by Gasteiger charge is -2.16. The summed E-state index contributed by atoms with van der Waals surface area (Å²) < 4.78 is 10.2. The van der Waals surface area contributed by atoms with Crippen molar-refractivity contribution in [2.75, 3.05) is 32.5 Å². The van der Waals surface area contributed by atoms with Gasteiger partial charge in [-0.2, -0.15) is 0 Å². The summed E-state index contributed by atoms with van der Waals surface area (Å²) in [5, 5.41) is 0. The van der Waals surface area contributed by atoms with Crippen LogP contribution in [-0.2, 0) is 14.3 Å². The molecule has 6 nitrogen and oxygen atoms in total. The Balaban J connectivity index is 1.73. The van der Waals surface area contributed by atoms with E-state index in [-0.39, 0.29) is 24.2 Å². The fourth-order valence-corrected chi connectivity index (χ4v) is 2.32. The second kappa shape index (κ2) is 6.97. The standard InChI is InChI=1S/C15H20N2O4/c1-20-15(19)11-6-8-17(10-11)14(18)7-9-21-13-4-2-12(16)3-5-13/h2-5,11H,6-10,16H2,1H3. The maximum absolute atomic E-state index is 12.0. The topological polar surface area (TPSA) is 81.9 Å². The van der Waals surface area contributed by atoms with E-state index in [1.807, 2.05) is 0 Å². The van der Waals surface area contributed by atoms with E-state index in [2.05, 4.69) is 0 Å². The summed E-state index contributed by atoms with van der Waals surface area (Å²) in [6.07, 6.45) is 0.954. The summed E-state index contributed by atoms with van der Waals surface area (Å²) in [7, 11) is 1.37. The number of methoxy groups -OCH3 is 1. The van der Waals surface area contributed by atoms with Crippen molar-refractivity contribution in [3.8, 4) is 5.75 Å². The molecule has 1 aromatic carbocycles. The van der Waals surface area contributed by atoms with Gasteiger partial charge in [0, 0.05) is 18.8 Å². The number of carbonyl (C=O) groups excluding carboxylic acids is 2. The van der Waals surface area contributed by atoms with Crippen LogP contribution in [0.25, 0.3) is 0 Å². The van der Waals surface area contributed by atoms with Gasteiger partial charge in [-0.25, -0.2) is 0 Å². The van der Waals surface area contributed by atoms with E-state index in [0.717, 1.165) is 0 Å². The quantitative estimate of drug-likeness (QED) is 0.648. The van der Waals surface area contributed by atoms with Crippen molar-refractivity contribution in [2.24, 2.45) is 5.92 Å². The van der Waals surface area contributed by atoms with Crippen LogP contribution >= 0.6 is 0 Å². The molecule has 21 heavy (non-hydrogen) atoms. The van der Waals surface area contributed by atoms with Crippen molar-refractivity contribution >= 4 is 17.6 Å². The van der Waals surface area contributed by atoms with Crippen LogP contribution in [0.15, 0.2) is 24.3 Å². The lowest BCUT2D eigenvalue weighted by Crippen LogP contribution is -2.31. The van der Waals surface area contributed by atoms with E-state index in [1.165, 1.54) is 7.11 Å². The molecule has 1 aromatic rings. The largest absolute Gasteiger partial charge is 0.493 e. The number of benzene rings is 1. The number of nitrogen functional groups attached to an aromatic ring is 1. The number of hydrogen-bond acceptors (Lipinski definition) is 5. The first kappa shape index (κ1) is 15.2. The van der Waals surface area contributed by atoms with Gasteiger partial charge in [-0.1, -0.05) is 0 Å². The molecule has 1 unspecified atom stereocenters. The number of rotatable bonds is 5. The maximum Gasteiger partial charge on any atom is 0.310 e. The molecule has 2 rings (SSSR count). The molecule has 0 bridgehead atoms. The van der Waals surface area contributed by atoms with Gasteiger partial charge in [0.1, 0.15) is 5.75 Å². The van der Waals surface area contributed by atoms with Gasteiger partial charge < -0.3 is 20.1 Å². The molecule has 2 N–H and O–H groups in total. The van der Waals surface area contributed by atoms with Crippen molar-refractivity contribution in [1.82, 2.24) is 4.90 Å². The number of ether oxygens (including phenoxy) is 2. The van der Waals surface area contributed by atoms with Crippen molar-refractivity contribution in [3.05, 3.63) is 24.3 Å². The van der Waals surface area contributed by atoms with Gasteiger partial charge >= 0.3 is 5.97 Å². The van der Waals surface area contributed by atoms with Crippen LogP contribution in [0, 0.1) is 5.92 Å². The van der Waals surface area contributed by atoms with E-state index in [1.54, 1.807) is 29.2 Å². The molecule has 1 atom stereocenters. The zero-order chi connectivity index (χ0) is 15.2. The number of nitrogens with two attached hydrogens (primary N) is 1. The molecule has 0 aliphatic carbocycles. The molecule has 6 heteroatoms. The normalized spacial score (nSPS) is 17.6. The fourth-order valence-electron chi connectivity index (χ4n) is 2.32. The molecule has 1 saturated heterocycles. The summed E-state index contributed by atoms with van der Waals surface area (Å²) in [5.41, 5.74) is 6.25. The minimum atomic E-state index is -0.247. The van der Waals surface area contributed by atoms with Crippen LogP contribution in [0.5, 0.6) is 5.75 Å². The highest BCUT2D eigenvalue weighted by Crippen LogP contribution is 2.18. The van der Waals surface area contributed by atoms with E-state index in [4.69, 9.17) is 15.2 Å². The highest BCUT2D eigenvalue weighted by atomic mass is 16.5. The summed E-state index contributed by atoms with van der Waals surface area (Å²) in [5.74, 6) is 0.239. The fraction of sp³-hybridized carbons (Fsp3) is 0.467. The average molecular weight is 292 g/mol. The summed E-state index contributed by atoms with van der Waals surface area (Å²) >= 11 is 0. The second-order valence-electron chi connectivity index (χ2n) is 5.02. The Hall–Kier alpha value is -2.24. The highest BCUT2D eigenvalue weighted by Gasteiger charge is 2.31. The zero-order valence-electron chi connectivity index (χ0n) is 12.1. The first-order valence-electron chi connectivity index (χ1n) is 6.94. The van der Waals surface area contributed by atoms with Crippen LogP contribution in [0.3, 0.4) is 0 Å². The Morgan fingerprint density at radius 3 is 2.71 bits per heavy atom. The van der Waals surface area contributed by atoms with Gasteiger partial charge in [0.05, 0.1) is 26.1 Å². The molecule has 1 heterocycles. The predicted octanol–water partition coefficient (Wildman–Crippen LogP) is 1.06. The molecule has 0 saturated carbocycles. The molecule has 1 aliphatic rings. The molecule has 1 aliphatic heterocycles. The van der Waals surface area contributed by atoms with Crippen molar-refractivity contribution in [1.29, 1.82) is 0 Å². The Bertz CT molecular complexity index is 501. The van der Waals surface area contributed by atoms with Crippen LogP contribution in [0.1, 0.15) is 12.8 Å². The third kappa shape index (κ3) is 4.11. The minimum absolute atomic E-state index is 0.00292. The molecule has 0 spiro atoms. The summed E-state index contributed by atoms with van der Waals surface area (Å²) in [6.45, 7) is 1.34. The SMILES string of the molecule is COC(=O)C1CCN(C(=O)CCOc2ccc(N)cc2)C1. The molecular weight excluding hydrogens is 272 g/mol. The Labute approximate surface area is 123 Å². The van der Waals surface area contributed by atoms with Gasteiger partial charge in [0.25, 0.3) is 0 Å². The van der Waals surface area contributed by atoms with E-state index < -0.39 is 0 Å². The van der Waals surface area contributed by atoms with Gasteiger partial charge in [0.15, 0.2) is 0 Å². The van der Waals surface area contributed by atoms with Crippen molar-refractivity contribution in [3.63, 3.8) is 0 Å². The number of amides is 1. The van der Waals surface area contributed by atoms with Crippen LogP contribution in [-0.4, -0.2) is 43.6 Å². The van der Waals surface area contributed by atoms with Gasteiger partial charge in [-0.05, 0) is 30.7 Å². The van der Waals surface area contributed by atoms with Crippen molar-refractivity contribution < 1.29 is 19.1 Å². The number of nitrogens with zero attached hydrogens (tertiary/aromatic N) is 1. The zero-order valence-corrected chi connectivity index (χ0v) is 12.1. The first-order valence-corrected chi connectivity index (χ1v) is 6.94. The van der Waals surface area contributed by atoms with Crippen molar-refractivity contribution in [2.45, 2.75) is 12.8 Å². The van der Waals surface area contributed by atoms with Gasteiger partial charge in [-0.15, -0.1) is 0 Å². The molecule has 114 valence electrons. The average Bonchev–Trinajstić information content (AvgIpc) is 2.98. The number of esters is 1. The van der Waals surface area contributed by atoms with E-state index in [0.29, 0.717) is 37.6 Å². The molecule has 1 fully saturated rings. The van der Waals surface area contributed by atoms with Crippen LogP contribution < -0.4 is 10.5 Å². The lowest BCUT2D eigenvalue weighted by atomic mass is 10.1. The van der Waals surface area contributed by atoms with Gasteiger partial charge in [-0.3, -0.25) is 9.59 Å². The molecule has 1 amide bonds. The Morgan fingerprint density at radius 2 is 2.05 bits per heavy atom. The third-order valence-corrected chi connectivity index (χ3v) is 3.54. The monoisotopic (exact) mass is 292 g/mol. The number of hydrogen-bond donors (Lipinski definition) is 1. The predicted molar refractivity (Wildman–Crippen MR) is 77.7 cm³/mol. The van der Waals surface area contributed by atoms with E-state index >= 15 is 0 Å². The second-order valence-corrected chi connectivity index (χ2v) is 5.02. The number of anilines is 1. The highest BCUT2D eigenvalue weighted by molar-refractivity contribution is 5.79. The lowest BCUT2D eigenvalue weighted by molar-refractivity contribution is -0.145. The summed E-state index contributed by atoms with van der Waals surface area (Å²) in [4.78, 5) is 25.1.